The Morgan fingerprint density at radius 2 is 1.79 bits per heavy atom. The molecule has 0 saturated heterocycles. The highest BCUT2D eigenvalue weighted by Gasteiger charge is 2.48. The fourth-order valence-corrected chi connectivity index (χ4v) is 4.04. The van der Waals surface area contributed by atoms with Gasteiger partial charge < -0.3 is 25.6 Å². The van der Waals surface area contributed by atoms with Crippen LogP contribution in [-0.2, 0) is 19.1 Å². The van der Waals surface area contributed by atoms with Crippen LogP contribution in [-0.4, -0.2) is 47.9 Å². The van der Waals surface area contributed by atoms with Gasteiger partial charge in [-0.1, -0.05) is 13.8 Å². The van der Waals surface area contributed by atoms with E-state index in [4.69, 9.17) is 10.5 Å². The van der Waals surface area contributed by atoms with Gasteiger partial charge in [0.2, 0.25) is 0 Å². The second-order valence-corrected chi connectivity index (χ2v) is 9.50. The van der Waals surface area contributed by atoms with E-state index in [1.165, 1.54) is 7.11 Å². The second kappa shape index (κ2) is 10.3. The van der Waals surface area contributed by atoms with Crippen LogP contribution in [0.3, 0.4) is 0 Å². The number of carboxylic acid groups (broad SMARTS) is 1. The van der Waals surface area contributed by atoms with Crippen LogP contribution in [0.5, 0.6) is 0 Å². The summed E-state index contributed by atoms with van der Waals surface area (Å²) < 4.78 is 9.78. The maximum absolute atomic E-state index is 11.7. The van der Waals surface area contributed by atoms with Gasteiger partial charge in [-0.2, -0.15) is 0 Å². The average Bonchev–Trinajstić information content (AvgIpc) is 3.20. The third-order valence-corrected chi connectivity index (χ3v) is 5.81. The minimum Gasteiger partial charge on any atom is -0.481 e. The number of aliphatic carboxylic acids is 1. The molecule has 168 valence electrons. The Kier molecular flexibility index (Phi) is 8.93. The Balaban J connectivity index is 0.000000352. The van der Waals surface area contributed by atoms with E-state index >= 15 is 0 Å². The molecule has 0 aromatic rings. The molecule has 4 atom stereocenters. The number of esters is 1. The highest BCUT2D eigenvalue weighted by atomic mass is 16.6. The predicted molar refractivity (Wildman–Crippen MR) is 109 cm³/mol. The molecule has 8 nitrogen and oxygen atoms in total. The van der Waals surface area contributed by atoms with Crippen molar-refractivity contribution >= 4 is 18.0 Å². The number of nitrogens with two attached hydrogens (primary N) is 1. The first-order chi connectivity index (χ1) is 13.3. The lowest BCUT2D eigenvalue weighted by Crippen LogP contribution is -2.40. The Morgan fingerprint density at radius 1 is 1.17 bits per heavy atom. The number of amides is 1. The summed E-state index contributed by atoms with van der Waals surface area (Å²) in [5.74, 6) is -0.751. The van der Waals surface area contributed by atoms with Crippen molar-refractivity contribution in [2.75, 3.05) is 7.11 Å². The minimum absolute atomic E-state index is 0.0513. The molecule has 1 amide bonds. The Hall–Kier alpha value is -1.83. The van der Waals surface area contributed by atoms with Crippen LogP contribution in [0.15, 0.2) is 0 Å². The zero-order valence-electron chi connectivity index (χ0n) is 18.6. The minimum atomic E-state index is -0.768. The average molecular weight is 415 g/mol. The van der Waals surface area contributed by atoms with E-state index in [2.05, 4.69) is 10.1 Å². The number of carbonyl (C=O) groups is 3. The van der Waals surface area contributed by atoms with Gasteiger partial charge in [-0.3, -0.25) is 9.59 Å². The molecule has 0 radical (unpaired) electrons. The number of nitrogens with one attached hydrogen (secondary N) is 1. The van der Waals surface area contributed by atoms with Crippen molar-refractivity contribution < 1.29 is 29.0 Å². The predicted octanol–water partition coefficient (Wildman–Crippen LogP) is 3.08. The van der Waals surface area contributed by atoms with Gasteiger partial charge in [0.05, 0.1) is 18.4 Å². The molecule has 8 heteroatoms. The van der Waals surface area contributed by atoms with Crippen LogP contribution in [0.1, 0.15) is 73.1 Å². The third kappa shape index (κ3) is 7.49. The van der Waals surface area contributed by atoms with Gasteiger partial charge >= 0.3 is 18.0 Å². The second-order valence-electron chi connectivity index (χ2n) is 9.50. The Morgan fingerprint density at radius 3 is 2.17 bits per heavy atom. The van der Waals surface area contributed by atoms with Gasteiger partial charge in [-0.25, -0.2) is 4.79 Å². The molecule has 2 fully saturated rings. The van der Waals surface area contributed by atoms with E-state index in [-0.39, 0.29) is 29.9 Å². The molecule has 0 aromatic heterocycles. The molecule has 2 aliphatic rings. The molecule has 0 bridgehead atoms. The van der Waals surface area contributed by atoms with Crippen LogP contribution in [0, 0.1) is 17.3 Å². The van der Waals surface area contributed by atoms with Gasteiger partial charge in [-0.05, 0) is 65.2 Å². The van der Waals surface area contributed by atoms with E-state index < -0.39 is 23.1 Å². The van der Waals surface area contributed by atoms with E-state index in [1.807, 2.05) is 13.8 Å². The summed E-state index contributed by atoms with van der Waals surface area (Å²) in [5, 5.41) is 12.2. The first-order valence-corrected chi connectivity index (χ1v) is 10.4. The summed E-state index contributed by atoms with van der Waals surface area (Å²) >= 11 is 0. The Labute approximate surface area is 173 Å². The zero-order valence-corrected chi connectivity index (χ0v) is 18.6. The molecule has 29 heavy (non-hydrogen) atoms. The van der Waals surface area contributed by atoms with Crippen molar-refractivity contribution in [3.8, 4) is 0 Å². The highest BCUT2D eigenvalue weighted by Crippen LogP contribution is 2.44. The monoisotopic (exact) mass is 414 g/mol. The van der Waals surface area contributed by atoms with Crippen molar-refractivity contribution in [1.82, 2.24) is 5.32 Å². The number of alkyl carbamates (subject to hydrolysis) is 1. The van der Waals surface area contributed by atoms with Crippen LogP contribution >= 0.6 is 0 Å². The van der Waals surface area contributed by atoms with Gasteiger partial charge in [-0.15, -0.1) is 0 Å². The number of ether oxygens (including phenoxy) is 2. The normalized spacial score (nSPS) is 29.0. The first-order valence-electron chi connectivity index (χ1n) is 10.4. The number of methoxy groups -OCH3 is 1. The number of hydrogen-bond donors (Lipinski definition) is 3. The summed E-state index contributed by atoms with van der Waals surface area (Å²) in [7, 11) is 1.42. The summed E-state index contributed by atoms with van der Waals surface area (Å²) in [4.78, 5) is 34.0. The standard InChI is InChI=1S/C14H25NO4.C7H13NO2/c1-9(2)14(11(16)17)7-6-10(8-14)15-12(18)19-13(3,4)5;1-10-7(9)5-2-3-6(8)4-5/h9-10H,6-8H2,1-5H3,(H,15,18)(H,16,17);5-6H,2-4,8H2,1H3/t10-,14+;5-,6+/m10/s1. The van der Waals surface area contributed by atoms with Gasteiger partial charge in [0.25, 0.3) is 0 Å². The number of carbonyl (C=O) groups excluding carboxylic acids is 2. The number of rotatable bonds is 4. The first kappa shape index (κ1) is 25.2. The summed E-state index contributed by atoms with van der Waals surface area (Å²) in [6.45, 7) is 9.25. The van der Waals surface area contributed by atoms with Crippen molar-refractivity contribution in [3.05, 3.63) is 0 Å². The molecule has 2 saturated carbocycles. The quantitative estimate of drug-likeness (QED) is 0.603. The molecular formula is C21H38N2O6. The van der Waals surface area contributed by atoms with Crippen molar-refractivity contribution in [2.45, 2.75) is 90.8 Å². The van der Waals surface area contributed by atoms with E-state index in [9.17, 15) is 19.5 Å². The van der Waals surface area contributed by atoms with E-state index in [1.54, 1.807) is 20.8 Å². The lowest BCUT2D eigenvalue weighted by molar-refractivity contribution is -0.151. The maximum Gasteiger partial charge on any atom is 0.407 e. The molecule has 2 rings (SSSR count). The zero-order chi connectivity index (χ0) is 22.4. The summed E-state index contributed by atoms with van der Waals surface area (Å²) in [5.41, 5.74) is 4.35. The van der Waals surface area contributed by atoms with Crippen LogP contribution in [0.4, 0.5) is 4.79 Å². The molecule has 0 aliphatic heterocycles. The SMILES string of the molecule is CC(C)[C@]1(C(=O)O)CC[C@@H](NC(=O)OC(C)(C)C)C1.COC(=O)[C@H]1CC[C@@H](N)C1. The molecular weight excluding hydrogens is 376 g/mol. The van der Waals surface area contributed by atoms with Crippen LogP contribution in [0.2, 0.25) is 0 Å². The fourth-order valence-electron chi connectivity index (χ4n) is 4.04. The van der Waals surface area contributed by atoms with Crippen molar-refractivity contribution in [2.24, 2.45) is 23.0 Å². The van der Waals surface area contributed by atoms with Crippen LogP contribution < -0.4 is 11.1 Å². The van der Waals surface area contributed by atoms with Gasteiger partial charge in [0.1, 0.15) is 5.60 Å². The topological polar surface area (TPSA) is 128 Å². The molecule has 0 spiro atoms. The third-order valence-electron chi connectivity index (χ3n) is 5.81. The van der Waals surface area contributed by atoms with Crippen LogP contribution in [0.25, 0.3) is 0 Å². The number of carboxylic acids is 1. The van der Waals surface area contributed by atoms with Gasteiger partial charge in [0, 0.05) is 12.1 Å². The number of hydrogen-bond acceptors (Lipinski definition) is 6. The molecule has 0 unspecified atom stereocenters. The van der Waals surface area contributed by atoms with Gasteiger partial charge in [0.15, 0.2) is 0 Å². The lowest BCUT2D eigenvalue weighted by atomic mass is 9.75. The fraction of sp³-hybridized carbons (Fsp3) is 0.857. The summed E-state index contributed by atoms with van der Waals surface area (Å²) in [6, 6.07) is 0.0949. The smallest absolute Gasteiger partial charge is 0.407 e. The van der Waals surface area contributed by atoms with Crippen molar-refractivity contribution in [1.29, 1.82) is 0 Å². The lowest BCUT2D eigenvalue weighted by Gasteiger charge is -2.29. The van der Waals surface area contributed by atoms with E-state index in [0.29, 0.717) is 19.3 Å². The Bertz CT molecular complexity index is 586. The maximum atomic E-state index is 11.7. The van der Waals surface area contributed by atoms with E-state index in [0.717, 1.165) is 19.3 Å². The molecule has 2 aliphatic carbocycles. The largest absolute Gasteiger partial charge is 0.481 e. The highest BCUT2D eigenvalue weighted by molar-refractivity contribution is 5.76. The molecule has 0 heterocycles. The molecule has 0 aromatic carbocycles. The molecule has 4 N–H and O–H groups in total. The van der Waals surface area contributed by atoms with Crippen molar-refractivity contribution in [3.63, 3.8) is 0 Å². The summed E-state index contributed by atoms with van der Waals surface area (Å²) in [6.07, 6.45) is 3.94.